The Kier molecular flexibility index (Phi) is 3.50. The number of hydrogen-bond donors (Lipinski definition) is 2. The predicted octanol–water partition coefficient (Wildman–Crippen LogP) is 1.48. The van der Waals surface area contributed by atoms with Crippen molar-refractivity contribution in [2.45, 2.75) is 37.2 Å². The summed E-state index contributed by atoms with van der Waals surface area (Å²) in [6.45, 7) is 0. The molecule has 134 valence electrons. The van der Waals surface area contributed by atoms with Crippen LogP contribution in [-0.4, -0.2) is 30.7 Å². The fourth-order valence-corrected chi connectivity index (χ4v) is 5.02. The first kappa shape index (κ1) is 16.3. The Balaban J connectivity index is 1.57. The van der Waals surface area contributed by atoms with Crippen molar-refractivity contribution in [3.8, 4) is 0 Å². The van der Waals surface area contributed by atoms with Crippen LogP contribution in [0.1, 0.15) is 53.5 Å². The van der Waals surface area contributed by atoms with Crippen molar-refractivity contribution in [3.63, 3.8) is 0 Å². The summed E-state index contributed by atoms with van der Waals surface area (Å²) in [5.41, 5.74) is 5.96. The highest BCUT2D eigenvalue weighted by Crippen LogP contribution is 2.57. The van der Waals surface area contributed by atoms with Gasteiger partial charge in [-0.05, 0) is 37.5 Å². The molecule has 4 rings (SSSR count). The first-order chi connectivity index (χ1) is 11.8. The van der Waals surface area contributed by atoms with Crippen LogP contribution in [-0.2, 0) is 19.7 Å². The zero-order valence-electron chi connectivity index (χ0n) is 14.3. The molecule has 0 aliphatic heterocycles. The van der Waals surface area contributed by atoms with Gasteiger partial charge in [0.15, 0.2) is 17.9 Å². The molecule has 0 spiro atoms. The third-order valence-electron chi connectivity index (χ3n) is 6.01. The van der Waals surface area contributed by atoms with Gasteiger partial charge in [0.1, 0.15) is 17.0 Å². The molecule has 7 nitrogen and oxygen atoms in total. The van der Waals surface area contributed by atoms with E-state index < -0.39 is 11.4 Å². The summed E-state index contributed by atoms with van der Waals surface area (Å²) in [6.07, 6.45) is 5.16. The maximum absolute atomic E-state index is 14.3. The number of imidazole rings is 1. The van der Waals surface area contributed by atoms with Gasteiger partial charge in [-0.2, -0.15) is 5.10 Å². The van der Waals surface area contributed by atoms with E-state index in [0.29, 0.717) is 18.5 Å². The number of aromatic nitrogens is 4. The number of carbonyl (C=O) groups is 1. The molecule has 2 unspecified atom stereocenters. The summed E-state index contributed by atoms with van der Waals surface area (Å²) >= 11 is 0. The minimum atomic E-state index is -1.23. The first-order valence-corrected chi connectivity index (χ1v) is 8.51. The maximum atomic E-state index is 14.3. The molecule has 2 aliphatic rings. The molecule has 25 heavy (non-hydrogen) atoms. The molecular weight excluding hydrogens is 325 g/mol. The Morgan fingerprint density at radius 1 is 1.36 bits per heavy atom. The summed E-state index contributed by atoms with van der Waals surface area (Å²) in [5.74, 6) is -0.0408. The Bertz CT molecular complexity index is 828. The Morgan fingerprint density at radius 2 is 2.00 bits per heavy atom. The van der Waals surface area contributed by atoms with Crippen molar-refractivity contribution in [1.82, 2.24) is 19.3 Å². The molecule has 0 amide bonds. The Hall–Kier alpha value is -2.22. The van der Waals surface area contributed by atoms with E-state index in [1.807, 2.05) is 7.05 Å². The van der Waals surface area contributed by atoms with E-state index in [-0.39, 0.29) is 29.3 Å². The number of hydrogen-bond acceptors (Lipinski definition) is 5. The van der Waals surface area contributed by atoms with Crippen molar-refractivity contribution < 1.29 is 14.3 Å². The van der Waals surface area contributed by atoms with E-state index in [0.717, 1.165) is 24.8 Å². The molecule has 0 saturated heterocycles. The normalized spacial score (nSPS) is 31.4. The highest BCUT2D eigenvalue weighted by atomic mass is 19.1. The number of aliphatic hydroxyl groups is 1. The van der Waals surface area contributed by atoms with Crippen molar-refractivity contribution >= 4 is 12.1 Å². The molecule has 2 saturated carbocycles. The van der Waals surface area contributed by atoms with Crippen LogP contribution in [0.4, 0.5) is 10.2 Å². The minimum Gasteiger partial charge on any atom is -0.383 e. The second kappa shape index (κ2) is 5.39. The first-order valence-electron chi connectivity index (χ1n) is 8.51. The molecule has 0 bridgehead atoms. The number of anilines is 1. The maximum Gasteiger partial charge on any atom is 0.190 e. The van der Waals surface area contributed by atoms with E-state index >= 15 is 0 Å². The summed E-state index contributed by atoms with van der Waals surface area (Å²) < 4.78 is 17.4. The second-order valence-electron chi connectivity index (χ2n) is 7.54. The molecule has 2 atom stereocenters. The summed E-state index contributed by atoms with van der Waals surface area (Å²) in [5, 5.41) is 15.0. The van der Waals surface area contributed by atoms with Gasteiger partial charge in [0, 0.05) is 20.0 Å². The largest absolute Gasteiger partial charge is 0.383 e. The fraction of sp³-hybridized carbons (Fsp3) is 0.588. The van der Waals surface area contributed by atoms with Crippen LogP contribution in [0, 0.1) is 17.7 Å². The highest BCUT2D eigenvalue weighted by Gasteiger charge is 2.52. The lowest BCUT2D eigenvalue weighted by Gasteiger charge is -2.24. The van der Waals surface area contributed by atoms with Gasteiger partial charge in [0.05, 0.1) is 12.0 Å². The smallest absolute Gasteiger partial charge is 0.190 e. The highest BCUT2D eigenvalue weighted by molar-refractivity contribution is 5.74. The number of nitrogens with two attached hydrogens (primary N) is 1. The quantitative estimate of drug-likeness (QED) is 0.820. The van der Waals surface area contributed by atoms with Crippen LogP contribution in [0.15, 0.2) is 6.33 Å². The van der Waals surface area contributed by atoms with Gasteiger partial charge in [-0.3, -0.25) is 9.48 Å². The molecule has 2 fully saturated rings. The zero-order chi connectivity index (χ0) is 17.9. The molecule has 0 radical (unpaired) electrons. The molecule has 0 aromatic carbocycles. The van der Waals surface area contributed by atoms with Gasteiger partial charge in [0.25, 0.3) is 0 Å². The molecular formula is C17H22FN5O2. The average Bonchev–Trinajstić information content (AvgIpc) is 3.22. The third-order valence-corrected chi connectivity index (χ3v) is 6.01. The monoisotopic (exact) mass is 347 g/mol. The number of nitrogens with zero attached hydrogens (tertiary/aromatic N) is 4. The van der Waals surface area contributed by atoms with Gasteiger partial charge in [0.2, 0.25) is 0 Å². The number of nitrogen functional groups attached to an aromatic ring is 1. The molecule has 2 heterocycles. The second-order valence-corrected chi connectivity index (χ2v) is 7.54. The molecule has 3 N–H and O–H groups in total. The van der Waals surface area contributed by atoms with Gasteiger partial charge >= 0.3 is 0 Å². The standard InChI is InChI=1S/C17H22FN5O2/c1-22-8-20-14(12(22)7-24)9-3-10-5-17(25,6-11(10)4-9)15-13(18)16(19)21-23(15)2/h7-11,25H,3-6H2,1-2H3,(H2,19,21). The van der Waals surface area contributed by atoms with Crippen molar-refractivity contribution in [2.24, 2.45) is 25.9 Å². The number of halogens is 1. The summed E-state index contributed by atoms with van der Waals surface area (Å²) in [6, 6.07) is 0. The number of rotatable bonds is 3. The lowest BCUT2D eigenvalue weighted by Crippen LogP contribution is -2.27. The van der Waals surface area contributed by atoms with Crippen molar-refractivity contribution in [1.29, 1.82) is 0 Å². The SMILES string of the molecule is Cn1cnc(C2CC3CC(O)(c4c(F)c(N)nn4C)CC3C2)c1C=O. The zero-order valence-corrected chi connectivity index (χ0v) is 14.3. The summed E-state index contributed by atoms with van der Waals surface area (Å²) in [7, 11) is 3.41. The Labute approximate surface area is 144 Å². The van der Waals surface area contributed by atoms with Crippen molar-refractivity contribution in [2.75, 3.05) is 5.73 Å². The number of aldehydes is 1. The molecule has 2 aromatic heterocycles. The van der Waals surface area contributed by atoms with Gasteiger partial charge < -0.3 is 15.4 Å². The van der Waals surface area contributed by atoms with E-state index in [1.165, 1.54) is 4.68 Å². The van der Waals surface area contributed by atoms with E-state index in [9.17, 15) is 14.3 Å². The molecule has 8 heteroatoms. The Morgan fingerprint density at radius 3 is 2.52 bits per heavy atom. The molecule has 2 aromatic rings. The van der Waals surface area contributed by atoms with E-state index in [4.69, 9.17) is 5.73 Å². The number of aryl methyl sites for hydroxylation is 2. The molecule has 2 aliphatic carbocycles. The lowest BCUT2D eigenvalue weighted by atomic mass is 9.90. The van der Waals surface area contributed by atoms with E-state index in [2.05, 4.69) is 10.1 Å². The van der Waals surface area contributed by atoms with Gasteiger partial charge in [-0.15, -0.1) is 0 Å². The van der Waals surface area contributed by atoms with Crippen LogP contribution in [0.5, 0.6) is 0 Å². The number of fused-ring (bicyclic) bond motifs is 1. The lowest BCUT2D eigenvalue weighted by molar-refractivity contribution is 0.0228. The van der Waals surface area contributed by atoms with Gasteiger partial charge in [-0.1, -0.05) is 0 Å². The summed E-state index contributed by atoms with van der Waals surface area (Å²) in [4.78, 5) is 15.7. The van der Waals surface area contributed by atoms with Crippen LogP contribution in [0.3, 0.4) is 0 Å². The van der Waals surface area contributed by atoms with Crippen LogP contribution >= 0.6 is 0 Å². The fourth-order valence-electron chi connectivity index (χ4n) is 5.02. The van der Waals surface area contributed by atoms with Gasteiger partial charge in [-0.25, -0.2) is 9.37 Å². The predicted molar refractivity (Wildman–Crippen MR) is 88.3 cm³/mol. The number of carbonyl (C=O) groups excluding carboxylic acids is 1. The third kappa shape index (κ3) is 2.31. The van der Waals surface area contributed by atoms with Crippen LogP contribution in [0.2, 0.25) is 0 Å². The topological polar surface area (TPSA) is 99.0 Å². The van der Waals surface area contributed by atoms with Crippen molar-refractivity contribution in [3.05, 3.63) is 29.2 Å². The minimum absolute atomic E-state index is 0.176. The van der Waals surface area contributed by atoms with E-state index in [1.54, 1.807) is 17.9 Å². The van der Waals surface area contributed by atoms with Crippen LogP contribution in [0.25, 0.3) is 0 Å². The average molecular weight is 347 g/mol. The van der Waals surface area contributed by atoms with Crippen LogP contribution < -0.4 is 5.73 Å².